The second-order valence-corrected chi connectivity index (χ2v) is 9.87. The Bertz CT molecular complexity index is 971. The number of benzene rings is 1. The molecule has 0 amide bonds. The Hall–Kier alpha value is -2.19. The zero-order valence-electron chi connectivity index (χ0n) is 20.0. The number of anilines is 1. The molecule has 2 fully saturated rings. The van der Waals surface area contributed by atoms with E-state index in [9.17, 15) is 17.6 Å². The summed E-state index contributed by atoms with van der Waals surface area (Å²) in [4.78, 5) is 8.79. The van der Waals surface area contributed by atoms with E-state index in [2.05, 4.69) is 16.9 Å². The van der Waals surface area contributed by atoms with Crippen LogP contribution in [0.4, 0.5) is 23.4 Å². The lowest BCUT2D eigenvalue weighted by Crippen LogP contribution is -2.44. The number of piperidine rings is 1. The summed E-state index contributed by atoms with van der Waals surface area (Å²) in [6.45, 7) is 6.54. The van der Waals surface area contributed by atoms with Gasteiger partial charge < -0.3 is 14.5 Å². The van der Waals surface area contributed by atoms with Crippen LogP contribution in [0.25, 0.3) is 0 Å². The largest absolute Gasteiger partial charge is 0.416 e. The molecule has 0 bridgehead atoms. The Morgan fingerprint density at radius 1 is 1.12 bits per heavy atom. The van der Waals surface area contributed by atoms with E-state index in [1.165, 1.54) is 12.1 Å². The molecule has 34 heavy (non-hydrogen) atoms. The van der Waals surface area contributed by atoms with Crippen LogP contribution in [0.5, 0.6) is 0 Å². The predicted molar refractivity (Wildman–Crippen MR) is 124 cm³/mol. The van der Waals surface area contributed by atoms with Gasteiger partial charge in [-0.1, -0.05) is 12.1 Å². The van der Waals surface area contributed by atoms with Crippen molar-refractivity contribution < 1.29 is 22.3 Å². The Morgan fingerprint density at radius 2 is 1.79 bits per heavy atom. The molecule has 186 valence electrons. The SMILES string of the molecule is CC(OCC1(c2ccc(F)cc2)CCN(C)CC1)c1cc(C(F)(F)F)cc(N2CCC[C@@H]2C)n1. The Kier molecular flexibility index (Phi) is 7.20. The highest BCUT2D eigenvalue weighted by Gasteiger charge is 2.37. The molecule has 2 aliphatic heterocycles. The van der Waals surface area contributed by atoms with Crippen LogP contribution in [0, 0.1) is 5.82 Å². The normalized spacial score (nSPS) is 22.2. The number of nitrogens with zero attached hydrogens (tertiary/aromatic N) is 3. The summed E-state index contributed by atoms with van der Waals surface area (Å²) in [6, 6.07) is 8.91. The molecule has 2 atom stereocenters. The van der Waals surface area contributed by atoms with Crippen LogP contribution in [-0.4, -0.2) is 49.2 Å². The monoisotopic (exact) mass is 479 g/mol. The number of hydrogen-bond donors (Lipinski definition) is 0. The van der Waals surface area contributed by atoms with Crippen LogP contribution < -0.4 is 4.90 Å². The molecule has 0 spiro atoms. The van der Waals surface area contributed by atoms with Crippen LogP contribution in [0.1, 0.15) is 62.5 Å². The first-order chi connectivity index (χ1) is 16.1. The average Bonchev–Trinajstić information content (AvgIpc) is 3.24. The maximum absolute atomic E-state index is 13.7. The summed E-state index contributed by atoms with van der Waals surface area (Å²) < 4.78 is 60.9. The molecule has 1 unspecified atom stereocenters. The highest BCUT2D eigenvalue weighted by atomic mass is 19.4. The molecule has 1 aromatic carbocycles. The Morgan fingerprint density at radius 3 is 2.38 bits per heavy atom. The van der Waals surface area contributed by atoms with Gasteiger partial charge in [-0.2, -0.15) is 13.2 Å². The molecule has 0 aliphatic carbocycles. The van der Waals surface area contributed by atoms with Crippen LogP contribution >= 0.6 is 0 Å². The molecule has 0 radical (unpaired) electrons. The smallest absolute Gasteiger partial charge is 0.371 e. The third kappa shape index (κ3) is 5.38. The number of pyridine rings is 1. The number of rotatable bonds is 6. The first-order valence-corrected chi connectivity index (χ1v) is 12.0. The van der Waals surface area contributed by atoms with Gasteiger partial charge in [0.05, 0.1) is 24.0 Å². The topological polar surface area (TPSA) is 28.6 Å². The van der Waals surface area contributed by atoms with E-state index in [0.717, 1.165) is 56.5 Å². The molecule has 0 saturated carbocycles. The maximum Gasteiger partial charge on any atom is 0.416 e. The summed E-state index contributed by atoms with van der Waals surface area (Å²) in [7, 11) is 2.06. The van der Waals surface area contributed by atoms with Gasteiger partial charge in [0.15, 0.2) is 0 Å². The van der Waals surface area contributed by atoms with Crippen LogP contribution in [0.2, 0.25) is 0 Å². The quantitative estimate of drug-likeness (QED) is 0.478. The molecule has 3 heterocycles. The third-order valence-corrected chi connectivity index (χ3v) is 7.43. The van der Waals surface area contributed by atoms with Crippen molar-refractivity contribution in [3.05, 3.63) is 59.0 Å². The predicted octanol–water partition coefficient (Wildman–Crippen LogP) is 5.97. The highest BCUT2D eigenvalue weighted by Crippen LogP contribution is 2.38. The lowest BCUT2D eigenvalue weighted by molar-refractivity contribution is -0.137. The van der Waals surface area contributed by atoms with Crippen molar-refractivity contribution in [2.24, 2.45) is 0 Å². The molecule has 4 nitrogen and oxygen atoms in total. The molecule has 2 saturated heterocycles. The van der Waals surface area contributed by atoms with Crippen molar-refractivity contribution in [2.75, 3.05) is 38.2 Å². The fourth-order valence-corrected chi connectivity index (χ4v) is 5.07. The molecule has 1 aromatic heterocycles. The Labute approximate surface area is 198 Å². The van der Waals surface area contributed by atoms with E-state index in [-0.39, 0.29) is 23.0 Å². The van der Waals surface area contributed by atoms with Gasteiger partial charge >= 0.3 is 6.18 Å². The Balaban J connectivity index is 1.59. The van der Waals surface area contributed by atoms with Crippen molar-refractivity contribution in [1.82, 2.24) is 9.88 Å². The van der Waals surface area contributed by atoms with Gasteiger partial charge in [0, 0.05) is 18.0 Å². The summed E-state index contributed by atoms with van der Waals surface area (Å²) in [5.74, 6) is 0.0655. The fourth-order valence-electron chi connectivity index (χ4n) is 5.07. The zero-order chi connectivity index (χ0) is 24.5. The molecular weight excluding hydrogens is 446 g/mol. The minimum absolute atomic E-state index is 0.154. The van der Waals surface area contributed by atoms with Gasteiger partial charge in [0.25, 0.3) is 0 Å². The number of likely N-dealkylation sites (tertiary alicyclic amines) is 1. The second-order valence-electron chi connectivity index (χ2n) is 9.87. The summed E-state index contributed by atoms with van der Waals surface area (Å²) in [6.07, 6.45) is -1.54. The summed E-state index contributed by atoms with van der Waals surface area (Å²) >= 11 is 0. The van der Waals surface area contributed by atoms with Crippen LogP contribution in [0.15, 0.2) is 36.4 Å². The minimum atomic E-state index is -4.46. The van der Waals surface area contributed by atoms with Gasteiger partial charge in [0.2, 0.25) is 0 Å². The van der Waals surface area contributed by atoms with Gasteiger partial charge in [-0.25, -0.2) is 9.37 Å². The highest BCUT2D eigenvalue weighted by molar-refractivity contribution is 5.46. The lowest BCUT2D eigenvalue weighted by Gasteiger charge is -2.41. The molecular formula is C26H33F4N3O. The van der Waals surface area contributed by atoms with Gasteiger partial charge in [0.1, 0.15) is 11.6 Å². The first-order valence-electron chi connectivity index (χ1n) is 12.0. The average molecular weight is 480 g/mol. The van der Waals surface area contributed by atoms with Crippen molar-refractivity contribution in [2.45, 2.75) is 63.3 Å². The summed E-state index contributed by atoms with van der Waals surface area (Å²) in [5, 5.41) is 0. The van der Waals surface area contributed by atoms with Crippen molar-refractivity contribution in [3.8, 4) is 0 Å². The third-order valence-electron chi connectivity index (χ3n) is 7.43. The van der Waals surface area contributed by atoms with Gasteiger partial charge in [-0.3, -0.25) is 0 Å². The number of halogens is 4. The van der Waals surface area contributed by atoms with Gasteiger partial charge in [-0.15, -0.1) is 0 Å². The summed E-state index contributed by atoms with van der Waals surface area (Å²) in [5.41, 5.74) is 0.265. The van der Waals surface area contributed by atoms with E-state index >= 15 is 0 Å². The molecule has 0 N–H and O–H groups in total. The number of ether oxygens (including phenoxy) is 1. The van der Waals surface area contributed by atoms with E-state index in [0.29, 0.717) is 19.0 Å². The standard InChI is InChI=1S/C26H33F4N3O/c1-18-5-4-12-33(18)24-16-21(26(28,29)30)15-23(31-24)19(2)34-17-25(10-13-32(3)14-11-25)20-6-8-22(27)9-7-20/h6-9,15-16,18-19H,4-5,10-14,17H2,1-3H3/t18-,19?/m0/s1. The lowest BCUT2D eigenvalue weighted by atomic mass is 9.73. The van der Waals surface area contributed by atoms with Crippen molar-refractivity contribution in [3.63, 3.8) is 0 Å². The molecule has 4 rings (SSSR count). The van der Waals surface area contributed by atoms with E-state index < -0.39 is 17.8 Å². The number of alkyl halides is 3. The van der Waals surface area contributed by atoms with Crippen molar-refractivity contribution in [1.29, 1.82) is 0 Å². The van der Waals surface area contributed by atoms with E-state index in [1.54, 1.807) is 19.1 Å². The first kappa shape index (κ1) is 24.9. The van der Waals surface area contributed by atoms with Gasteiger partial charge in [-0.05, 0) is 89.5 Å². The fraction of sp³-hybridized carbons (Fsp3) is 0.577. The minimum Gasteiger partial charge on any atom is -0.371 e. The van der Waals surface area contributed by atoms with E-state index in [1.807, 2.05) is 11.8 Å². The second kappa shape index (κ2) is 9.82. The van der Waals surface area contributed by atoms with E-state index in [4.69, 9.17) is 4.74 Å². The molecule has 2 aliphatic rings. The molecule has 2 aromatic rings. The van der Waals surface area contributed by atoms with Crippen molar-refractivity contribution >= 4 is 5.82 Å². The maximum atomic E-state index is 13.7. The van der Waals surface area contributed by atoms with Crippen LogP contribution in [0.3, 0.4) is 0 Å². The van der Waals surface area contributed by atoms with Crippen LogP contribution in [-0.2, 0) is 16.3 Å². The number of aromatic nitrogens is 1. The zero-order valence-corrected chi connectivity index (χ0v) is 20.0. The molecule has 8 heteroatoms. The number of hydrogen-bond acceptors (Lipinski definition) is 4.